The second kappa shape index (κ2) is 9.15. The molecule has 3 aromatic rings. The van der Waals surface area contributed by atoms with Crippen molar-refractivity contribution in [3.63, 3.8) is 0 Å². The molecule has 0 spiro atoms. The van der Waals surface area contributed by atoms with Gasteiger partial charge in [-0.15, -0.1) is 0 Å². The van der Waals surface area contributed by atoms with Crippen molar-refractivity contribution in [2.24, 2.45) is 0 Å². The van der Waals surface area contributed by atoms with Crippen molar-refractivity contribution >= 4 is 19.4 Å². The minimum Gasteiger partial charge on any atom is -0.493 e. The van der Waals surface area contributed by atoms with Crippen molar-refractivity contribution in [3.05, 3.63) is 35.2 Å². The lowest BCUT2D eigenvalue weighted by Gasteiger charge is -2.16. The van der Waals surface area contributed by atoms with E-state index in [0.29, 0.717) is 28.3 Å². The van der Waals surface area contributed by atoms with Gasteiger partial charge in [-0.25, -0.2) is 4.57 Å². The smallest absolute Gasteiger partial charge is 0.493 e. The molecule has 3 rings (SSSR count). The zero-order valence-corrected chi connectivity index (χ0v) is 19.2. The Morgan fingerprint density at radius 1 is 0.839 bits per heavy atom. The zero-order chi connectivity index (χ0) is 22.8. The van der Waals surface area contributed by atoms with E-state index in [0.717, 1.165) is 11.1 Å². The summed E-state index contributed by atoms with van der Waals surface area (Å²) in [6.45, 7) is 1.90. The molecule has 9 nitrogen and oxygen atoms in total. The first kappa shape index (κ1) is 22.9. The predicted molar refractivity (Wildman–Crippen MR) is 117 cm³/mol. The van der Waals surface area contributed by atoms with E-state index in [1.165, 1.54) is 31.8 Å². The SMILES string of the molecule is COc1cc(-c2nscc2-c2cc(OC)c(OC)c(OP(=O)(O)O)c2)cc(C)c1OC. The number of phosphoric acid groups is 1. The number of aromatic nitrogens is 1. The van der Waals surface area contributed by atoms with E-state index in [4.69, 9.17) is 23.5 Å². The molecular formula is C20H22NO8PS. The van der Waals surface area contributed by atoms with Crippen LogP contribution in [0.5, 0.6) is 28.7 Å². The summed E-state index contributed by atoms with van der Waals surface area (Å²) in [7, 11) is 1.08. The van der Waals surface area contributed by atoms with Crippen molar-refractivity contribution in [2.75, 3.05) is 28.4 Å². The van der Waals surface area contributed by atoms with Crippen LogP contribution in [0, 0.1) is 6.92 Å². The summed E-state index contributed by atoms with van der Waals surface area (Å²) in [5.41, 5.74) is 3.61. The largest absolute Gasteiger partial charge is 0.524 e. The van der Waals surface area contributed by atoms with Crippen molar-refractivity contribution in [1.29, 1.82) is 0 Å². The quantitative estimate of drug-likeness (QED) is 0.468. The summed E-state index contributed by atoms with van der Waals surface area (Å²) in [4.78, 5) is 18.6. The Labute approximate surface area is 183 Å². The van der Waals surface area contributed by atoms with Crippen LogP contribution in [0.3, 0.4) is 0 Å². The lowest BCUT2D eigenvalue weighted by molar-refractivity contribution is 0.273. The molecule has 0 aliphatic heterocycles. The summed E-state index contributed by atoms with van der Waals surface area (Å²) in [6, 6.07) is 6.90. The molecule has 0 aliphatic rings. The molecule has 1 heterocycles. The van der Waals surface area contributed by atoms with E-state index in [1.807, 2.05) is 24.4 Å². The average molecular weight is 467 g/mol. The highest BCUT2D eigenvalue weighted by Gasteiger charge is 2.24. The number of methoxy groups -OCH3 is 4. The Morgan fingerprint density at radius 2 is 1.42 bits per heavy atom. The zero-order valence-electron chi connectivity index (χ0n) is 17.5. The van der Waals surface area contributed by atoms with Crippen LogP contribution in [0.15, 0.2) is 29.6 Å². The predicted octanol–water partition coefficient (Wildman–Crippen LogP) is 4.29. The summed E-state index contributed by atoms with van der Waals surface area (Å²) < 4.78 is 42.3. The third-order valence-corrected chi connectivity index (χ3v) is 5.54. The molecule has 11 heteroatoms. The maximum atomic E-state index is 11.5. The molecule has 0 radical (unpaired) electrons. The first-order chi connectivity index (χ1) is 14.7. The van der Waals surface area contributed by atoms with Crippen LogP contribution in [0.1, 0.15) is 5.56 Å². The highest BCUT2D eigenvalue weighted by molar-refractivity contribution is 7.46. The summed E-state index contributed by atoms with van der Waals surface area (Å²) in [5.74, 6) is 1.37. The van der Waals surface area contributed by atoms with Gasteiger partial charge in [0.05, 0.1) is 34.1 Å². The fraction of sp³-hybridized carbons (Fsp3) is 0.250. The van der Waals surface area contributed by atoms with Gasteiger partial charge in [0.25, 0.3) is 0 Å². The van der Waals surface area contributed by atoms with Crippen LogP contribution >= 0.6 is 19.4 Å². The molecule has 1 aromatic heterocycles. The van der Waals surface area contributed by atoms with Gasteiger partial charge < -0.3 is 23.5 Å². The Bertz CT molecular complexity index is 1140. The number of rotatable bonds is 8. The molecule has 2 aromatic carbocycles. The van der Waals surface area contributed by atoms with Crippen LogP contribution in [-0.4, -0.2) is 42.6 Å². The van der Waals surface area contributed by atoms with Crippen LogP contribution in [0.25, 0.3) is 22.4 Å². The van der Waals surface area contributed by atoms with Crippen molar-refractivity contribution in [1.82, 2.24) is 4.37 Å². The Hall–Kier alpha value is -2.78. The maximum Gasteiger partial charge on any atom is 0.524 e. The molecule has 31 heavy (non-hydrogen) atoms. The standard InChI is InChI=1S/C20H22NO8PS/c1-11-6-13(9-15(25-2)19(11)27-4)18-14(10-31-21-18)12-7-16(26-3)20(28-5)17(8-12)29-30(22,23)24/h6-10H,1-5H3,(H2,22,23,24). The molecule has 0 fully saturated rings. The van der Waals surface area contributed by atoms with E-state index in [1.54, 1.807) is 20.3 Å². The average Bonchev–Trinajstić information content (AvgIpc) is 3.21. The van der Waals surface area contributed by atoms with E-state index in [2.05, 4.69) is 4.37 Å². The van der Waals surface area contributed by atoms with Crippen LogP contribution < -0.4 is 23.5 Å². The Kier molecular flexibility index (Phi) is 6.76. The van der Waals surface area contributed by atoms with Gasteiger partial charge in [-0.05, 0) is 53.8 Å². The van der Waals surface area contributed by atoms with Crippen LogP contribution in [0.4, 0.5) is 0 Å². The van der Waals surface area contributed by atoms with Gasteiger partial charge in [0.1, 0.15) is 0 Å². The van der Waals surface area contributed by atoms with Gasteiger partial charge in [0.15, 0.2) is 23.0 Å². The second-order valence-electron chi connectivity index (χ2n) is 6.40. The first-order valence-corrected chi connectivity index (χ1v) is 11.3. The van der Waals surface area contributed by atoms with Gasteiger partial charge in [-0.3, -0.25) is 9.79 Å². The minimum absolute atomic E-state index is 0.0706. The molecular weight excluding hydrogens is 445 g/mol. The normalized spacial score (nSPS) is 11.2. The van der Waals surface area contributed by atoms with E-state index < -0.39 is 7.82 Å². The molecule has 166 valence electrons. The summed E-state index contributed by atoms with van der Waals surface area (Å²) >= 11 is 1.24. The van der Waals surface area contributed by atoms with Crippen molar-refractivity contribution < 1.29 is 37.8 Å². The fourth-order valence-electron chi connectivity index (χ4n) is 3.22. The molecule has 0 saturated heterocycles. The first-order valence-electron chi connectivity index (χ1n) is 8.91. The summed E-state index contributed by atoms with van der Waals surface area (Å²) in [5, 5.41) is 1.82. The van der Waals surface area contributed by atoms with Crippen molar-refractivity contribution in [2.45, 2.75) is 6.92 Å². The topological polar surface area (TPSA) is 117 Å². The van der Waals surface area contributed by atoms with Gasteiger partial charge in [-0.2, -0.15) is 4.37 Å². The number of nitrogens with zero attached hydrogens (tertiary/aromatic N) is 1. The lowest BCUT2D eigenvalue weighted by atomic mass is 9.99. The maximum absolute atomic E-state index is 11.5. The molecule has 0 bridgehead atoms. The molecule has 0 aliphatic carbocycles. The van der Waals surface area contributed by atoms with Gasteiger partial charge in [0.2, 0.25) is 5.75 Å². The monoisotopic (exact) mass is 467 g/mol. The molecule has 0 atom stereocenters. The van der Waals surface area contributed by atoms with Crippen LogP contribution in [0.2, 0.25) is 0 Å². The highest BCUT2D eigenvalue weighted by Crippen LogP contribution is 2.49. The number of hydrogen-bond donors (Lipinski definition) is 2. The minimum atomic E-state index is -4.83. The van der Waals surface area contributed by atoms with Gasteiger partial charge in [0, 0.05) is 16.5 Å². The number of phosphoric ester groups is 1. The Balaban J connectivity index is 2.19. The van der Waals surface area contributed by atoms with Crippen molar-refractivity contribution in [3.8, 4) is 51.1 Å². The molecule has 0 amide bonds. The third kappa shape index (κ3) is 4.77. The summed E-state index contributed by atoms with van der Waals surface area (Å²) in [6.07, 6.45) is 0. The van der Waals surface area contributed by atoms with E-state index >= 15 is 0 Å². The Morgan fingerprint density at radius 3 is 2.00 bits per heavy atom. The molecule has 2 N–H and O–H groups in total. The second-order valence-corrected chi connectivity index (χ2v) is 8.19. The van der Waals surface area contributed by atoms with Gasteiger partial charge >= 0.3 is 7.82 Å². The number of benzene rings is 2. The number of aryl methyl sites for hydroxylation is 1. The molecule has 0 saturated carbocycles. The fourth-order valence-corrected chi connectivity index (χ4v) is 4.33. The molecule has 0 unspecified atom stereocenters. The number of hydrogen-bond acceptors (Lipinski definition) is 8. The number of ether oxygens (including phenoxy) is 4. The third-order valence-electron chi connectivity index (χ3n) is 4.48. The van der Waals surface area contributed by atoms with E-state index in [-0.39, 0.29) is 17.2 Å². The van der Waals surface area contributed by atoms with Gasteiger partial charge in [-0.1, -0.05) is 0 Å². The lowest BCUT2D eigenvalue weighted by Crippen LogP contribution is -1.98. The highest BCUT2D eigenvalue weighted by atomic mass is 32.1. The van der Waals surface area contributed by atoms with E-state index in [9.17, 15) is 14.4 Å². The van der Waals surface area contributed by atoms with Crippen LogP contribution in [-0.2, 0) is 4.57 Å².